The Hall–Kier alpha value is -0.860. The Morgan fingerprint density at radius 3 is 2.44 bits per heavy atom. The van der Waals surface area contributed by atoms with Gasteiger partial charge in [0.2, 0.25) is 0 Å². The monoisotopic (exact) mass is 218 g/mol. The van der Waals surface area contributed by atoms with Gasteiger partial charge in [-0.25, -0.2) is 0 Å². The van der Waals surface area contributed by atoms with Crippen LogP contribution >= 0.6 is 0 Å². The molecular formula is C14H22N2. The molecule has 16 heavy (non-hydrogen) atoms. The van der Waals surface area contributed by atoms with E-state index in [2.05, 4.69) is 48.0 Å². The molecule has 0 aliphatic heterocycles. The van der Waals surface area contributed by atoms with Gasteiger partial charge in [0.15, 0.2) is 0 Å². The number of nitrogens with one attached hydrogen (secondary N) is 2. The smallest absolute Gasteiger partial charge is 0.0224 e. The van der Waals surface area contributed by atoms with Crippen molar-refractivity contribution in [3.63, 3.8) is 0 Å². The zero-order chi connectivity index (χ0) is 11.2. The zero-order valence-corrected chi connectivity index (χ0v) is 10.1. The number of hydrogen-bond acceptors (Lipinski definition) is 2. The molecule has 0 spiro atoms. The topological polar surface area (TPSA) is 24.1 Å². The van der Waals surface area contributed by atoms with Crippen LogP contribution in [0.2, 0.25) is 0 Å². The summed E-state index contributed by atoms with van der Waals surface area (Å²) < 4.78 is 0. The van der Waals surface area contributed by atoms with Crippen LogP contribution in [0, 0.1) is 0 Å². The molecule has 88 valence electrons. The predicted octanol–water partition coefficient (Wildman–Crippen LogP) is 2.31. The van der Waals surface area contributed by atoms with Gasteiger partial charge in [-0.3, -0.25) is 0 Å². The molecule has 1 aromatic rings. The minimum atomic E-state index is 0.638. The van der Waals surface area contributed by atoms with Crippen molar-refractivity contribution in [1.82, 2.24) is 10.6 Å². The Labute approximate surface area is 98.4 Å². The molecule has 2 heteroatoms. The van der Waals surface area contributed by atoms with Crippen LogP contribution in [0.15, 0.2) is 30.3 Å². The lowest BCUT2D eigenvalue weighted by Gasteiger charge is -2.32. The Morgan fingerprint density at radius 2 is 1.75 bits per heavy atom. The van der Waals surface area contributed by atoms with Gasteiger partial charge in [0.1, 0.15) is 0 Å². The average Bonchev–Trinajstić information content (AvgIpc) is 2.38. The second kappa shape index (κ2) is 6.02. The fourth-order valence-corrected chi connectivity index (χ4v) is 2.57. The van der Waals surface area contributed by atoms with E-state index >= 15 is 0 Å². The highest BCUT2D eigenvalue weighted by Gasteiger charge is 2.22. The van der Waals surface area contributed by atoms with Crippen LogP contribution in [-0.4, -0.2) is 19.1 Å². The van der Waals surface area contributed by atoms with Gasteiger partial charge in [-0.1, -0.05) is 43.2 Å². The molecule has 1 aliphatic carbocycles. The average molecular weight is 218 g/mol. The van der Waals surface area contributed by atoms with Crippen molar-refractivity contribution in [3.8, 4) is 0 Å². The van der Waals surface area contributed by atoms with Crippen molar-refractivity contribution >= 4 is 0 Å². The first-order valence-electron chi connectivity index (χ1n) is 6.34. The molecule has 0 amide bonds. The number of likely N-dealkylation sites (N-methyl/N-ethyl adjacent to an activating group) is 1. The molecule has 0 heterocycles. The van der Waals surface area contributed by atoms with Gasteiger partial charge in [0.25, 0.3) is 0 Å². The van der Waals surface area contributed by atoms with Crippen molar-refractivity contribution in [1.29, 1.82) is 0 Å². The number of hydrogen-bond donors (Lipinski definition) is 2. The van der Waals surface area contributed by atoms with Gasteiger partial charge in [0.05, 0.1) is 0 Å². The molecule has 2 nitrogen and oxygen atoms in total. The molecule has 0 bridgehead atoms. The third-order valence-electron chi connectivity index (χ3n) is 3.55. The van der Waals surface area contributed by atoms with E-state index in [1.54, 1.807) is 0 Å². The SMILES string of the molecule is CN[C@H]1CCCC[C@@H]1NCc1ccccc1. The fraction of sp³-hybridized carbons (Fsp3) is 0.571. The lowest BCUT2D eigenvalue weighted by molar-refractivity contribution is 0.294. The molecule has 1 aromatic carbocycles. The summed E-state index contributed by atoms with van der Waals surface area (Å²) in [6.07, 6.45) is 5.35. The zero-order valence-electron chi connectivity index (χ0n) is 10.1. The third kappa shape index (κ3) is 3.06. The van der Waals surface area contributed by atoms with Crippen molar-refractivity contribution < 1.29 is 0 Å². The highest BCUT2D eigenvalue weighted by Crippen LogP contribution is 2.18. The summed E-state index contributed by atoms with van der Waals surface area (Å²) >= 11 is 0. The van der Waals surface area contributed by atoms with Crippen LogP contribution in [0.1, 0.15) is 31.2 Å². The van der Waals surface area contributed by atoms with E-state index in [-0.39, 0.29) is 0 Å². The maximum absolute atomic E-state index is 3.68. The van der Waals surface area contributed by atoms with Gasteiger partial charge < -0.3 is 10.6 Å². The summed E-state index contributed by atoms with van der Waals surface area (Å²) in [5.74, 6) is 0. The molecule has 2 N–H and O–H groups in total. The normalized spacial score (nSPS) is 25.6. The fourth-order valence-electron chi connectivity index (χ4n) is 2.57. The molecule has 1 fully saturated rings. The quantitative estimate of drug-likeness (QED) is 0.810. The van der Waals surface area contributed by atoms with Crippen molar-refractivity contribution in [2.24, 2.45) is 0 Å². The van der Waals surface area contributed by atoms with Crippen LogP contribution in [0.3, 0.4) is 0 Å². The molecule has 0 saturated heterocycles. The van der Waals surface area contributed by atoms with Gasteiger partial charge in [0, 0.05) is 18.6 Å². The van der Waals surface area contributed by atoms with Gasteiger partial charge in [-0.15, -0.1) is 0 Å². The molecule has 2 atom stereocenters. The van der Waals surface area contributed by atoms with Crippen LogP contribution in [-0.2, 0) is 6.54 Å². The van der Waals surface area contributed by atoms with E-state index in [0.29, 0.717) is 12.1 Å². The molecule has 1 aliphatic rings. The van der Waals surface area contributed by atoms with Gasteiger partial charge in [-0.2, -0.15) is 0 Å². The first kappa shape index (κ1) is 11.6. The largest absolute Gasteiger partial charge is 0.315 e. The minimum absolute atomic E-state index is 0.638. The summed E-state index contributed by atoms with van der Waals surface area (Å²) in [6.45, 7) is 0.990. The summed E-state index contributed by atoms with van der Waals surface area (Å²) in [4.78, 5) is 0. The van der Waals surface area contributed by atoms with Crippen LogP contribution in [0.25, 0.3) is 0 Å². The Bertz CT molecular complexity index is 297. The summed E-state index contributed by atoms with van der Waals surface area (Å²) in [6, 6.07) is 11.9. The second-order valence-electron chi connectivity index (χ2n) is 4.65. The highest BCUT2D eigenvalue weighted by atomic mass is 15.0. The van der Waals surface area contributed by atoms with Crippen molar-refractivity contribution in [3.05, 3.63) is 35.9 Å². The maximum atomic E-state index is 3.68. The van der Waals surface area contributed by atoms with E-state index in [9.17, 15) is 0 Å². The molecule has 0 aromatic heterocycles. The Balaban J connectivity index is 1.84. The van der Waals surface area contributed by atoms with Crippen LogP contribution < -0.4 is 10.6 Å². The predicted molar refractivity (Wildman–Crippen MR) is 68.4 cm³/mol. The first-order valence-corrected chi connectivity index (χ1v) is 6.34. The lowest BCUT2D eigenvalue weighted by atomic mass is 9.90. The Morgan fingerprint density at radius 1 is 1.06 bits per heavy atom. The molecule has 2 rings (SSSR count). The van der Waals surface area contributed by atoms with Gasteiger partial charge in [-0.05, 0) is 25.5 Å². The maximum Gasteiger partial charge on any atom is 0.0224 e. The van der Waals surface area contributed by atoms with Crippen LogP contribution in [0.4, 0.5) is 0 Å². The standard InChI is InChI=1S/C14H22N2/c1-15-13-9-5-6-10-14(13)16-11-12-7-3-2-4-8-12/h2-4,7-8,13-16H,5-6,9-11H2,1H3/t13-,14-/m0/s1. The Kier molecular flexibility index (Phi) is 4.37. The third-order valence-corrected chi connectivity index (χ3v) is 3.55. The van der Waals surface area contributed by atoms with E-state index in [4.69, 9.17) is 0 Å². The molecule has 1 saturated carbocycles. The highest BCUT2D eigenvalue weighted by molar-refractivity contribution is 5.14. The van der Waals surface area contributed by atoms with E-state index in [1.165, 1.54) is 31.2 Å². The van der Waals surface area contributed by atoms with E-state index in [0.717, 1.165) is 6.54 Å². The van der Waals surface area contributed by atoms with Crippen molar-refractivity contribution in [2.45, 2.75) is 44.3 Å². The molecule has 0 radical (unpaired) electrons. The van der Waals surface area contributed by atoms with Crippen molar-refractivity contribution in [2.75, 3.05) is 7.05 Å². The number of benzene rings is 1. The molecule has 0 unspecified atom stereocenters. The summed E-state index contributed by atoms with van der Waals surface area (Å²) in [5.41, 5.74) is 1.38. The van der Waals surface area contributed by atoms with E-state index < -0.39 is 0 Å². The van der Waals surface area contributed by atoms with Crippen LogP contribution in [0.5, 0.6) is 0 Å². The first-order chi connectivity index (χ1) is 7.90. The van der Waals surface area contributed by atoms with E-state index in [1.807, 2.05) is 0 Å². The molecular weight excluding hydrogens is 196 g/mol. The number of rotatable bonds is 4. The second-order valence-corrected chi connectivity index (χ2v) is 4.65. The summed E-state index contributed by atoms with van der Waals surface area (Å²) in [5, 5.41) is 7.10. The van der Waals surface area contributed by atoms with Gasteiger partial charge >= 0.3 is 0 Å². The lowest BCUT2D eigenvalue weighted by Crippen LogP contribution is -2.48. The summed E-state index contributed by atoms with van der Waals surface area (Å²) in [7, 11) is 2.08. The minimum Gasteiger partial charge on any atom is -0.315 e.